The summed E-state index contributed by atoms with van der Waals surface area (Å²) in [6.07, 6.45) is 2.11. The van der Waals surface area contributed by atoms with Crippen molar-refractivity contribution < 1.29 is 9.66 Å². The van der Waals surface area contributed by atoms with E-state index in [4.69, 9.17) is 16.3 Å². The third kappa shape index (κ3) is 2.47. The molecule has 80 valence electrons. The number of nitro groups is 1. The molecule has 0 atom stereocenters. The van der Waals surface area contributed by atoms with E-state index in [1.807, 2.05) is 0 Å². The second-order valence-corrected chi connectivity index (χ2v) is 3.30. The fraction of sp³-hybridized carbons (Fsp3) is 0.200. The van der Waals surface area contributed by atoms with E-state index in [0.717, 1.165) is 0 Å². The van der Waals surface area contributed by atoms with Crippen LogP contribution in [0.4, 0.5) is 5.69 Å². The van der Waals surface area contributed by atoms with Crippen molar-refractivity contribution in [1.82, 2.24) is 0 Å². The van der Waals surface area contributed by atoms with Crippen LogP contribution in [0.2, 0.25) is 5.02 Å². The van der Waals surface area contributed by atoms with Crippen LogP contribution in [0.25, 0.3) is 0 Å². The molecule has 0 radical (unpaired) electrons. The number of rotatable bonds is 4. The molecule has 1 aromatic carbocycles. The number of nitro benzene ring substituents is 1. The average molecular weight is 228 g/mol. The summed E-state index contributed by atoms with van der Waals surface area (Å²) in [6.45, 7) is 3.57. The van der Waals surface area contributed by atoms with Crippen molar-refractivity contribution in [1.29, 1.82) is 0 Å². The molecule has 0 fully saturated rings. The van der Waals surface area contributed by atoms with E-state index >= 15 is 0 Å². The molecule has 0 aliphatic heterocycles. The van der Waals surface area contributed by atoms with E-state index in [2.05, 4.69) is 6.58 Å². The molecule has 0 aliphatic rings. The molecule has 0 N–H and O–H groups in total. The van der Waals surface area contributed by atoms with Crippen molar-refractivity contribution in [3.8, 4) is 5.75 Å². The lowest BCUT2D eigenvalue weighted by atomic mass is 10.1. The minimum Gasteiger partial charge on any atom is -0.490 e. The van der Waals surface area contributed by atoms with Gasteiger partial charge in [0.2, 0.25) is 0 Å². The maximum Gasteiger partial charge on any atom is 0.312 e. The molecule has 0 aromatic heterocycles. The van der Waals surface area contributed by atoms with Crippen LogP contribution in [-0.4, -0.2) is 12.0 Å². The highest BCUT2D eigenvalue weighted by Gasteiger charge is 2.19. The van der Waals surface area contributed by atoms with Crippen LogP contribution < -0.4 is 4.74 Å². The number of hydrogen-bond donors (Lipinski definition) is 0. The zero-order valence-electron chi connectivity index (χ0n) is 8.20. The monoisotopic (exact) mass is 227 g/mol. The number of methoxy groups -OCH3 is 1. The topological polar surface area (TPSA) is 52.4 Å². The molecule has 1 rings (SSSR count). The van der Waals surface area contributed by atoms with Gasteiger partial charge in [-0.05, 0) is 12.5 Å². The van der Waals surface area contributed by atoms with Gasteiger partial charge in [-0.25, -0.2) is 0 Å². The SMILES string of the molecule is C=CCc1cc(Cl)cc([N+](=O)[O-])c1OC. The first kappa shape index (κ1) is 11.5. The molecule has 15 heavy (non-hydrogen) atoms. The molecular formula is C10H10ClNO3. The number of nitrogens with zero attached hydrogens (tertiary/aromatic N) is 1. The summed E-state index contributed by atoms with van der Waals surface area (Å²) < 4.78 is 5.00. The molecule has 0 aliphatic carbocycles. The van der Waals surface area contributed by atoms with Gasteiger partial charge in [0.05, 0.1) is 12.0 Å². The van der Waals surface area contributed by atoms with Crippen LogP contribution in [0.3, 0.4) is 0 Å². The van der Waals surface area contributed by atoms with Crippen LogP contribution in [0.5, 0.6) is 5.75 Å². The zero-order valence-corrected chi connectivity index (χ0v) is 8.95. The van der Waals surface area contributed by atoms with Gasteiger partial charge >= 0.3 is 5.69 Å². The quantitative estimate of drug-likeness (QED) is 0.451. The maximum absolute atomic E-state index is 10.7. The van der Waals surface area contributed by atoms with Crippen LogP contribution in [0, 0.1) is 10.1 Å². The Balaban J connectivity index is 3.37. The van der Waals surface area contributed by atoms with Crippen molar-refractivity contribution in [3.63, 3.8) is 0 Å². The predicted molar refractivity (Wildman–Crippen MR) is 58.6 cm³/mol. The van der Waals surface area contributed by atoms with Crippen molar-refractivity contribution >= 4 is 17.3 Å². The molecule has 1 aromatic rings. The fourth-order valence-corrected chi connectivity index (χ4v) is 1.55. The Morgan fingerprint density at radius 3 is 2.80 bits per heavy atom. The average Bonchev–Trinajstić information content (AvgIpc) is 2.17. The molecule has 4 nitrogen and oxygen atoms in total. The lowest BCUT2D eigenvalue weighted by molar-refractivity contribution is -0.385. The number of hydrogen-bond acceptors (Lipinski definition) is 3. The first-order valence-electron chi connectivity index (χ1n) is 4.21. The molecule has 0 unspecified atom stereocenters. The van der Waals surface area contributed by atoms with Crippen LogP contribution >= 0.6 is 11.6 Å². The van der Waals surface area contributed by atoms with Gasteiger partial charge in [-0.15, -0.1) is 6.58 Å². The highest BCUT2D eigenvalue weighted by molar-refractivity contribution is 6.31. The van der Waals surface area contributed by atoms with Gasteiger partial charge in [-0.1, -0.05) is 17.7 Å². The van der Waals surface area contributed by atoms with Gasteiger partial charge in [-0.3, -0.25) is 10.1 Å². The van der Waals surface area contributed by atoms with Gasteiger partial charge in [0.1, 0.15) is 0 Å². The van der Waals surface area contributed by atoms with E-state index < -0.39 is 4.92 Å². The van der Waals surface area contributed by atoms with Gasteiger partial charge in [0.15, 0.2) is 5.75 Å². The van der Waals surface area contributed by atoms with Crippen molar-refractivity contribution in [2.75, 3.05) is 7.11 Å². The second kappa shape index (κ2) is 4.79. The second-order valence-electron chi connectivity index (χ2n) is 2.87. The Labute approximate surface area is 92.3 Å². The molecule has 0 heterocycles. The van der Waals surface area contributed by atoms with E-state index in [1.54, 1.807) is 12.1 Å². The van der Waals surface area contributed by atoms with Crippen molar-refractivity contribution in [2.24, 2.45) is 0 Å². The summed E-state index contributed by atoms with van der Waals surface area (Å²) in [7, 11) is 1.39. The zero-order chi connectivity index (χ0) is 11.4. The Bertz CT molecular complexity index is 404. The Hall–Kier alpha value is -1.55. The van der Waals surface area contributed by atoms with Crippen LogP contribution in [0.15, 0.2) is 24.8 Å². The van der Waals surface area contributed by atoms with Crippen molar-refractivity contribution in [2.45, 2.75) is 6.42 Å². The Kier molecular flexibility index (Phi) is 3.68. The fourth-order valence-electron chi connectivity index (χ4n) is 1.31. The third-order valence-electron chi connectivity index (χ3n) is 1.88. The molecular weight excluding hydrogens is 218 g/mol. The third-order valence-corrected chi connectivity index (χ3v) is 2.09. The summed E-state index contributed by atoms with van der Waals surface area (Å²) in [5.41, 5.74) is 0.536. The molecule has 0 spiro atoms. The standard InChI is InChI=1S/C10H10ClNO3/c1-3-4-7-5-8(11)6-9(12(13)14)10(7)15-2/h3,5-6H,1,4H2,2H3. The minimum atomic E-state index is -0.517. The minimum absolute atomic E-state index is 0.123. The Morgan fingerprint density at radius 2 is 2.33 bits per heavy atom. The van der Waals surface area contributed by atoms with E-state index in [-0.39, 0.29) is 11.4 Å². The van der Waals surface area contributed by atoms with E-state index in [1.165, 1.54) is 13.2 Å². The molecule has 0 saturated carbocycles. The van der Waals surface area contributed by atoms with Gasteiger partial charge < -0.3 is 4.74 Å². The normalized spacial score (nSPS) is 9.73. The first-order valence-corrected chi connectivity index (χ1v) is 4.59. The van der Waals surface area contributed by atoms with Gasteiger partial charge in [0, 0.05) is 16.7 Å². The largest absolute Gasteiger partial charge is 0.490 e. The number of halogens is 1. The summed E-state index contributed by atoms with van der Waals surface area (Å²) >= 11 is 5.76. The lowest BCUT2D eigenvalue weighted by Crippen LogP contribution is -1.97. The van der Waals surface area contributed by atoms with Crippen molar-refractivity contribution in [3.05, 3.63) is 45.5 Å². The predicted octanol–water partition coefficient (Wildman–Crippen LogP) is 2.99. The summed E-state index contributed by atoms with van der Waals surface area (Å²) in [5.74, 6) is 0.240. The highest BCUT2D eigenvalue weighted by atomic mass is 35.5. The summed E-state index contributed by atoms with van der Waals surface area (Å²) in [6, 6.07) is 2.90. The lowest BCUT2D eigenvalue weighted by Gasteiger charge is -2.07. The molecule has 0 saturated heterocycles. The number of ether oxygens (including phenoxy) is 1. The van der Waals surface area contributed by atoms with E-state index in [9.17, 15) is 10.1 Å². The molecule has 0 amide bonds. The first-order chi connectivity index (χ1) is 7.10. The summed E-state index contributed by atoms with van der Waals surface area (Å²) in [4.78, 5) is 10.2. The van der Waals surface area contributed by atoms with Crippen LogP contribution in [0.1, 0.15) is 5.56 Å². The maximum atomic E-state index is 10.7. The summed E-state index contributed by atoms with van der Waals surface area (Å²) in [5, 5.41) is 11.0. The molecule has 0 bridgehead atoms. The van der Waals surface area contributed by atoms with Gasteiger partial charge in [0.25, 0.3) is 0 Å². The van der Waals surface area contributed by atoms with Gasteiger partial charge in [-0.2, -0.15) is 0 Å². The number of benzene rings is 1. The van der Waals surface area contributed by atoms with Crippen LogP contribution in [-0.2, 0) is 6.42 Å². The number of allylic oxidation sites excluding steroid dienone is 1. The highest BCUT2D eigenvalue weighted by Crippen LogP contribution is 2.34. The smallest absolute Gasteiger partial charge is 0.312 e. The molecule has 5 heteroatoms. The Morgan fingerprint density at radius 1 is 1.67 bits per heavy atom. The van der Waals surface area contributed by atoms with E-state index in [0.29, 0.717) is 17.0 Å².